The number of hydrogen-bond donors (Lipinski definition) is 3. The third kappa shape index (κ3) is 7.91. The van der Waals surface area contributed by atoms with E-state index in [9.17, 15) is 19.2 Å². The van der Waals surface area contributed by atoms with Crippen LogP contribution in [-0.2, 0) is 33.5 Å². The molecule has 0 aliphatic carbocycles. The Balaban J connectivity index is 1.43. The summed E-state index contributed by atoms with van der Waals surface area (Å²) >= 11 is 4.84. The van der Waals surface area contributed by atoms with Gasteiger partial charge in [0.1, 0.15) is 28.9 Å². The van der Waals surface area contributed by atoms with Gasteiger partial charge in [0.2, 0.25) is 24.2 Å². The molecule has 4 heterocycles. The van der Waals surface area contributed by atoms with E-state index in [4.69, 9.17) is 25.8 Å². The van der Waals surface area contributed by atoms with E-state index in [0.29, 0.717) is 17.3 Å². The van der Waals surface area contributed by atoms with Crippen LogP contribution in [0.15, 0.2) is 15.0 Å². The number of β-lactam (4-membered cyclic amide) rings is 1. The van der Waals surface area contributed by atoms with Crippen molar-refractivity contribution in [3.05, 3.63) is 11.3 Å². The SMILES string of the molecule is CC(C)(C)C(=O)OCOC(=O)C1(CSc2nncs2)CS[C@@H]2C(NC(=O)C(=NOCCCN)c3nsc(N)n3)C(=O)N2C1. The second-order valence-corrected chi connectivity index (χ2v) is 14.4. The van der Waals surface area contributed by atoms with Crippen LogP contribution in [0.1, 0.15) is 33.0 Å². The fourth-order valence-electron chi connectivity index (χ4n) is 3.81. The van der Waals surface area contributed by atoms with Gasteiger partial charge in [0, 0.05) is 29.6 Å². The average Bonchev–Trinajstić information content (AvgIpc) is 3.65. The second-order valence-electron chi connectivity index (χ2n) is 10.5. The van der Waals surface area contributed by atoms with E-state index in [2.05, 4.69) is 30.0 Å². The van der Waals surface area contributed by atoms with Gasteiger partial charge in [-0.05, 0) is 33.7 Å². The third-order valence-corrected chi connectivity index (χ3v) is 10.4. The number of nitrogens with two attached hydrogens (primary N) is 2. The number of oxime groups is 1. The minimum atomic E-state index is -1.14. The van der Waals surface area contributed by atoms with E-state index >= 15 is 0 Å². The zero-order chi connectivity index (χ0) is 31.2. The van der Waals surface area contributed by atoms with Crippen molar-refractivity contribution in [1.82, 2.24) is 29.8 Å². The average molecular weight is 674 g/mol. The maximum atomic E-state index is 13.4. The molecule has 0 aromatic carbocycles. The number of aromatic nitrogens is 4. The number of anilines is 1. The number of amides is 2. The van der Waals surface area contributed by atoms with Gasteiger partial charge < -0.3 is 36.0 Å². The lowest BCUT2D eigenvalue weighted by molar-refractivity contribution is -0.180. The predicted molar refractivity (Wildman–Crippen MR) is 160 cm³/mol. The second kappa shape index (κ2) is 14.1. The minimum Gasteiger partial charge on any atom is -0.427 e. The summed E-state index contributed by atoms with van der Waals surface area (Å²) in [6, 6.07) is -0.889. The first kappa shape index (κ1) is 32.8. The number of nitrogens with zero attached hydrogens (tertiary/aromatic N) is 6. The van der Waals surface area contributed by atoms with Crippen molar-refractivity contribution in [3.63, 3.8) is 0 Å². The summed E-state index contributed by atoms with van der Waals surface area (Å²) in [4.78, 5) is 62.7. The van der Waals surface area contributed by atoms with Crippen LogP contribution in [0.25, 0.3) is 0 Å². The van der Waals surface area contributed by atoms with E-state index in [0.717, 1.165) is 11.5 Å². The van der Waals surface area contributed by atoms with Crippen molar-refractivity contribution in [3.8, 4) is 0 Å². The normalized spacial score (nSPS) is 21.9. The number of hydrogen-bond acceptors (Lipinski definition) is 18. The standard InChI is InChI=1S/C23H31N9O7S4/c1-22(2,3)18(35)37-11-38-19(36)23(9-41-21-29-26-10-42-21)7-32-16(34)13(17(32)40-8-23)27-15(33)12(30-39-6-4-5-24)14-28-20(25)43-31-14/h10,13,17H,4-9,11,24H2,1-3H3,(H,27,33)(H2,25,28,31)/t13?,17-,23?/m1/s1. The van der Waals surface area contributed by atoms with E-state index in [1.807, 2.05) is 0 Å². The van der Waals surface area contributed by atoms with E-state index in [1.54, 1.807) is 26.3 Å². The molecule has 0 spiro atoms. The van der Waals surface area contributed by atoms with Crippen LogP contribution in [0, 0.1) is 10.8 Å². The van der Waals surface area contributed by atoms with Gasteiger partial charge in [0.25, 0.3) is 5.91 Å². The van der Waals surface area contributed by atoms with Gasteiger partial charge in [0.05, 0.1) is 5.41 Å². The van der Waals surface area contributed by atoms with Crippen LogP contribution in [0.4, 0.5) is 5.13 Å². The summed E-state index contributed by atoms with van der Waals surface area (Å²) in [5.41, 5.74) is 10.6. The number of nitrogen functional groups attached to an aromatic ring is 1. The summed E-state index contributed by atoms with van der Waals surface area (Å²) in [5.74, 6) is -1.77. The van der Waals surface area contributed by atoms with Gasteiger partial charge in [-0.2, -0.15) is 9.36 Å². The Kier molecular flexibility index (Phi) is 10.8. The Morgan fingerprint density at radius 2 is 2.09 bits per heavy atom. The van der Waals surface area contributed by atoms with Gasteiger partial charge in [-0.15, -0.1) is 22.0 Å². The Hall–Kier alpha value is -3.07. The maximum Gasteiger partial charge on any atom is 0.318 e. The number of nitrogens with one attached hydrogen (secondary N) is 1. The summed E-state index contributed by atoms with van der Waals surface area (Å²) in [6.07, 6.45) is 0.514. The van der Waals surface area contributed by atoms with Gasteiger partial charge >= 0.3 is 11.9 Å². The summed E-state index contributed by atoms with van der Waals surface area (Å²) < 4.78 is 15.2. The molecule has 2 aromatic heterocycles. The first-order valence-electron chi connectivity index (χ1n) is 12.9. The maximum absolute atomic E-state index is 13.4. The zero-order valence-electron chi connectivity index (χ0n) is 23.5. The largest absolute Gasteiger partial charge is 0.427 e. The summed E-state index contributed by atoms with van der Waals surface area (Å²) in [5, 5.41) is 14.1. The molecule has 234 valence electrons. The van der Waals surface area contributed by atoms with Crippen LogP contribution >= 0.6 is 46.4 Å². The Morgan fingerprint density at radius 1 is 1.30 bits per heavy atom. The highest BCUT2D eigenvalue weighted by atomic mass is 32.2. The molecule has 0 bridgehead atoms. The lowest BCUT2D eigenvalue weighted by atomic mass is 9.89. The number of carbonyl (C=O) groups excluding carboxylic acids is 4. The van der Waals surface area contributed by atoms with E-state index < -0.39 is 52.8 Å². The molecule has 3 atom stereocenters. The first-order chi connectivity index (χ1) is 20.4. The lowest BCUT2D eigenvalue weighted by Crippen LogP contribution is -2.74. The first-order valence-corrected chi connectivity index (χ1v) is 16.6. The van der Waals surface area contributed by atoms with Gasteiger partial charge in [0.15, 0.2) is 9.47 Å². The minimum absolute atomic E-state index is 0.0288. The number of ether oxygens (including phenoxy) is 2. The summed E-state index contributed by atoms with van der Waals surface area (Å²) in [7, 11) is 0. The van der Waals surface area contributed by atoms with Gasteiger partial charge in [-0.1, -0.05) is 28.3 Å². The summed E-state index contributed by atoms with van der Waals surface area (Å²) in [6.45, 7) is 5.09. The van der Waals surface area contributed by atoms with Gasteiger partial charge in [-0.3, -0.25) is 19.2 Å². The van der Waals surface area contributed by atoms with Crippen LogP contribution in [0.5, 0.6) is 0 Å². The molecular weight excluding hydrogens is 643 g/mol. The highest BCUT2D eigenvalue weighted by Gasteiger charge is 2.58. The molecule has 2 aliphatic heterocycles. The topological polar surface area (TPSA) is 227 Å². The number of thioether (sulfide) groups is 2. The van der Waals surface area contributed by atoms with Crippen molar-refractivity contribution < 1.29 is 33.5 Å². The highest BCUT2D eigenvalue weighted by Crippen LogP contribution is 2.45. The van der Waals surface area contributed by atoms with Crippen molar-refractivity contribution >= 4 is 81.0 Å². The smallest absolute Gasteiger partial charge is 0.318 e. The fourth-order valence-corrected chi connectivity index (χ4v) is 7.58. The molecule has 4 rings (SSSR count). The monoisotopic (exact) mass is 673 g/mol. The Labute approximate surface area is 263 Å². The predicted octanol–water partition coefficient (Wildman–Crippen LogP) is 0.310. The molecule has 16 nitrogen and oxygen atoms in total. The lowest BCUT2D eigenvalue weighted by Gasteiger charge is -2.54. The van der Waals surface area contributed by atoms with Crippen molar-refractivity contribution in [2.45, 2.75) is 42.9 Å². The molecular formula is C23H31N9O7S4. The van der Waals surface area contributed by atoms with E-state index in [1.165, 1.54) is 39.8 Å². The van der Waals surface area contributed by atoms with Crippen LogP contribution < -0.4 is 16.8 Å². The molecule has 2 saturated heterocycles. The van der Waals surface area contributed by atoms with Crippen LogP contribution in [0.2, 0.25) is 0 Å². The van der Waals surface area contributed by atoms with Gasteiger partial charge in [-0.25, -0.2) is 0 Å². The quantitative estimate of drug-likeness (QED) is 0.0494. The van der Waals surface area contributed by atoms with Crippen LogP contribution in [0.3, 0.4) is 0 Å². The number of esters is 2. The van der Waals surface area contributed by atoms with Crippen molar-refractivity contribution in [1.29, 1.82) is 0 Å². The van der Waals surface area contributed by atoms with Crippen molar-refractivity contribution in [2.75, 3.05) is 43.7 Å². The Bertz CT molecular complexity index is 1350. The molecule has 2 aliphatic rings. The Morgan fingerprint density at radius 3 is 2.74 bits per heavy atom. The third-order valence-electron chi connectivity index (χ3n) is 6.13. The zero-order valence-corrected chi connectivity index (χ0v) is 26.8. The molecule has 2 amide bonds. The molecule has 0 saturated carbocycles. The highest BCUT2D eigenvalue weighted by molar-refractivity contribution is 8.01. The molecule has 2 unspecified atom stereocenters. The van der Waals surface area contributed by atoms with E-state index in [-0.39, 0.29) is 41.3 Å². The number of fused-ring (bicyclic) bond motifs is 1. The number of rotatable bonds is 13. The fraction of sp³-hybridized carbons (Fsp3) is 0.609. The molecule has 2 fully saturated rings. The van der Waals surface area contributed by atoms with Crippen molar-refractivity contribution in [2.24, 2.45) is 21.7 Å². The molecule has 2 aromatic rings. The molecule has 5 N–H and O–H groups in total. The van der Waals surface area contributed by atoms with Crippen LogP contribution in [-0.4, -0.2) is 103 Å². The molecule has 43 heavy (non-hydrogen) atoms. The number of carbonyl (C=O) groups is 4. The molecule has 0 radical (unpaired) electrons. The molecule has 20 heteroatoms.